The number of sulfonamides is 1. The summed E-state index contributed by atoms with van der Waals surface area (Å²) in [7, 11) is -3.76. The van der Waals surface area contributed by atoms with Gasteiger partial charge in [-0.25, -0.2) is 13.1 Å². The molecule has 0 saturated heterocycles. The molecule has 0 aliphatic heterocycles. The second-order valence-corrected chi connectivity index (χ2v) is 11.6. The first-order chi connectivity index (χ1) is 17.8. The van der Waals surface area contributed by atoms with E-state index in [0.717, 1.165) is 24.0 Å². The maximum atomic E-state index is 13.2. The third-order valence-electron chi connectivity index (χ3n) is 6.47. The number of carboxylic acid groups (broad SMARTS) is 1. The van der Waals surface area contributed by atoms with Gasteiger partial charge in [0, 0.05) is 17.5 Å². The Hall–Kier alpha value is -2.67. The van der Waals surface area contributed by atoms with Crippen LogP contribution in [-0.4, -0.2) is 19.5 Å². The molecule has 7 heteroatoms. The maximum absolute atomic E-state index is 13.2. The molecule has 0 spiro atoms. The van der Waals surface area contributed by atoms with Crippen LogP contribution in [-0.2, 0) is 34.1 Å². The molecule has 0 aliphatic rings. The lowest BCUT2D eigenvalue weighted by atomic mass is 9.97. The molecule has 3 aromatic rings. The molecule has 1 unspecified atom stereocenters. The molecule has 5 nitrogen and oxygen atoms in total. The van der Waals surface area contributed by atoms with E-state index in [2.05, 4.69) is 35.9 Å². The maximum Gasteiger partial charge on any atom is 0.303 e. The number of hydrogen-bond donors (Lipinski definition) is 2. The van der Waals surface area contributed by atoms with Crippen molar-refractivity contribution >= 4 is 27.6 Å². The number of benzene rings is 3. The Bertz CT molecular complexity index is 1220. The summed E-state index contributed by atoms with van der Waals surface area (Å²) in [5.41, 5.74) is 4.40. The van der Waals surface area contributed by atoms with Gasteiger partial charge in [0.15, 0.2) is 0 Å². The number of rotatable bonds is 15. The average Bonchev–Trinajstić information content (AvgIpc) is 2.88. The molecule has 3 rings (SSSR count). The molecule has 1 atom stereocenters. The van der Waals surface area contributed by atoms with Crippen molar-refractivity contribution in [1.29, 1.82) is 0 Å². The van der Waals surface area contributed by atoms with E-state index >= 15 is 0 Å². The van der Waals surface area contributed by atoms with Gasteiger partial charge in [0.1, 0.15) is 0 Å². The van der Waals surface area contributed by atoms with Crippen LogP contribution in [0.1, 0.15) is 73.7 Å². The minimum absolute atomic E-state index is 0.128. The van der Waals surface area contributed by atoms with Crippen LogP contribution in [0.25, 0.3) is 0 Å². The number of carbonyl (C=O) groups is 1. The highest BCUT2D eigenvalue weighted by atomic mass is 35.5. The van der Waals surface area contributed by atoms with E-state index in [1.165, 1.54) is 42.5 Å². The Kier molecular flexibility index (Phi) is 11.2. The SMILES string of the molecule is CCCCCc1ccc(CCC(NS(=O)(=O)c2ccc(Cl)cc2)c2ccc(CCCC(=O)O)cc2)cc1. The highest BCUT2D eigenvalue weighted by Crippen LogP contribution is 2.24. The van der Waals surface area contributed by atoms with Gasteiger partial charge in [-0.1, -0.05) is 79.9 Å². The molecule has 0 bridgehead atoms. The van der Waals surface area contributed by atoms with Gasteiger partial charge in [0.2, 0.25) is 10.0 Å². The molecular weight excluding hydrogens is 506 g/mol. The predicted octanol–water partition coefficient (Wildman–Crippen LogP) is 7.13. The molecule has 3 aromatic carbocycles. The third-order valence-corrected chi connectivity index (χ3v) is 8.21. The number of nitrogens with one attached hydrogen (secondary N) is 1. The number of carboxylic acids is 1. The summed E-state index contributed by atoms with van der Waals surface area (Å²) in [4.78, 5) is 11.0. The van der Waals surface area contributed by atoms with E-state index in [1.54, 1.807) is 12.1 Å². The summed E-state index contributed by atoms with van der Waals surface area (Å²) in [5, 5.41) is 9.35. The molecular formula is C30H36ClNO4S. The molecule has 198 valence electrons. The van der Waals surface area contributed by atoms with E-state index in [-0.39, 0.29) is 11.3 Å². The highest BCUT2D eigenvalue weighted by molar-refractivity contribution is 7.89. The topological polar surface area (TPSA) is 83.5 Å². The van der Waals surface area contributed by atoms with Crippen molar-refractivity contribution in [2.45, 2.75) is 75.6 Å². The quantitative estimate of drug-likeness (QED) is 0.200. The molecule has 0 amide bonds. The first kappa shape index (κ1) is 28.9. The Morgan fingerprint density at radius 3 is 1.92 bits per heavy atom. The minimum Gasteiger partial charge on any atom is -0.481 e. The van der Waals surface area contributed by atoms with Crippen LogP contribution in [0, 0.1) is 0 Å². The van der Waals surface area contributed by atoms with E-state index in [9.17, 15) is 13.2 Å². The summed E-state index contributed by atoms with van der Waals surface area (Å²) in [6.45, 7) is 2.20. The number of hydrogen-bond acceptors (Lipinski definition) is 3. The van der Waals surface area contributed by atoms with Crippen molar-refractivity contribution in [3.05, 3.63) is 100 Å². The van der Waals surface area contributed by atoms with Crippen LogP contribution in [0.3, 0.4) is 0 Å². The minimum atomic E-state index is -3.76. The van der Waals surface area contributed by atoms with Crippen molar-refractivity contribution < 1.29 is 18.3 Å². The van der Waals surface area contributed by atoms with Gasteiger partial charge in [-0.3, -0.25) is 4.79 Å². The summed E-state index contributed by atoms with van der Waals surface area (Å²) < 4.78 is 29.2. The van der Waals surface area contributed by atoms with E-state index in [1.807, 2.05) is 24.3 Å². The van der Waals surface area contributed by atoms with Gasteiger partial charge in [-0.2, -0.15) is 0 Å². The fourth-order valence-corrected chi connectivity index (χ4v) is 5.67. The predicted molar refractivity (Wildman–Crippen MR) is 150 cm³/mol. The molecule has 0 heterocycles. The second-order valence-electron chi connectivity index (χ2n) is 9.43. The van der Waals surface area contributed by atoms with Crippen molar-refractivity contribution in [3.8, 4) is 0 Å². The zero-order valence-corrected chi connectivity index (χ0v) is 22.9. The second kappa shape index (κ2) is 14.3. The van der Waals surface area contributed by atoms with Gasteiger partial charge in [0.05, 0.1) is 4.90 Å². The summed E-state index contributed by atoms with van der Waals surface area (Å²) in [6.07, 6.45) is 7.39. The first-order valence-electron chi connectivity index (χ1n) is 12.9. The Morgan fingerprint density at radius 2 is 1.35 bits per heavy atom. The Labute approximate surface area is 225 Å². The van der Waals surface area contributed by atoms with Crippen LogP contribution >= 0.6 is 11.6 Å². The average molecular weight is 542 g/mol. The van der Waals surface area contributed by atoms with Crippen LogP contribution in [0.4, 0.5) is 0 Å². The van der Waals surface area contributed by atoms with Crippen molar-refractivity contribution in [2.24, 2.45) is 0 Å². The van der Waals surface area contributed by atoms with Gasteiger partial charge in [-0.05, 0) is 85.0 Å². The number of aliphatic carboxylic acids is 1. The largest absolute Gasteiger partial charge is 0.481 e. The van der Waals surface area contributed by atoms with Crippen LogP contribution in [0.2, 0.25) is 5.02 Å². The summed E-state index contributed by atoms with van der Waals surface area (Å²) in [5.74, 6) is -0.803. The smallest absolute Gasteiger partial charge is 0.303 e. The fourth-order valence-electron chi connectivity index (χ4n) is 4.29. The lowest BCUT2D eigenvalue weighted by Crippen LogP contribution is -2.29. The lowest BCUT2D eigenvalue weighted by Gasteiger charge is -2.20. The van der Waals surface area contributed by atoms with Crippen molar-refractivity contribution in [2.75, 3.05) is 0 Å². The lowest BCUT2D eigenvalue weighted by molar-refractivity contribution is -0.137. The Morgan fingerprint density at radius 1 is 0.811 bits per heavy atom. The van der Waals surface area contributed by atoms with Crippen LogP contribution in [0.15, 0.2) is 77.7 Å². The fraction of sp³-hybridized carbons (Fsp3) is 0.367. The van der Waals surface area contributed by atoms with Crippen molar-refractivity contribution in [1.82, 2.24) is 4.72 Å². The van der Waals surface area contributed by atoms with Crippen LogP contribution in [0.5, 0.6) is 0 Å². The van der Waals surface area contributed by atoms with Crippen molar-refractivity contribution in [3.63, 3.8) is 0 Å². The zero-order chi connectivity index (χ0) is 26.7. The Balaban J connectivity index is 1.74. The van der Waals surface area contributed by atoms with Gasteiger partial charge in [0.25, 0.3) is 0 Å². The van der Waals surface area contributed by atoms with Gasteiger partial charge in [-0.15, -0.1) is 0 Å². The monoisotopic (exact) mass is 541 g/mol. The molecule has 0 aromatic heterocycles. The molecule has 0 aliphatic carbocycles. The number of aryl methyl sites for hydroxylation is 3. The number of halogens is 1. The molecule has 0 fully saturated rings. The third kappa shape index (κ3) is 9.62. The molecule has 0 radical (unpaired) electrons. The molecule has 0 saturated carbocycles. The zero-order valence-electron chi connectivity index (χ0n) is 21.3. The summed E-state index contributed by atoms with van der Waals surface area (Å²) >= 11 is 5.95. The van der Waals surface area contributed by atoms with E-state index in [0.29, 0.717) is 24.3 Å². The van der Waals surface area contributed by atoms with Gasteiger partial charge >= 0.3 is 5.97 Å². The molecule has 2 N–H and O–H groups in total. The number of unbranched alkanes of at least 4 members (excludes halogenated alkanes) is 2. The molecule has 37 heavy (non-hydrogen) atoms. The standard InChI is InChI=1S/C30H36ClNO4S/c1-2-3-4-6-23-9-11-25(12-10-23)15-22-29(32-37(35,36)28-20-18-27(31)19-21-28)26-16-13-24(14-17-26)7-5-8-30(33)34/h9-14,16-21,29,32H,2-8,15,22H2,1H3,(H,33,34). The van der Waals surface area contributed by atoms with E-state index < -0.39 is 22.0 Å². The van der Waals surface area contributed by atoms with E-state index in [4.69, 9.17) is 16.7 Å². The summed E-state index contributed by atoms with van der Waals surface area (Å²) in [6, 6.07) is 22.1. The normalized spacial score (nSPS) is 12.4. The highest BCUT2D eigenvalue weighted by Gasteiger charge is 2.21. The van der Waals surface area contributed by atoms with Gasteiger partial charge < -0.3 is 5.11 Å². The van der Waals surface area contributed by atoms with Crippen LogP contribution < -0.4 is 4.72 Å². The first-order valence-corrected chi connectivity index (χ1v) is 14.8.